The lowest BCUT2D eigenvalue weighted by molar-refractivity contribution is -0.126. The largest absolute Gasteiger partial charge is 0.343 e. The number of benzene rings is 2. The Morgan fingerprint density at radius 3 is 2.50 bits per heavy atom. The van der Waals surface area contributed by atoms with Crippen molar-refractivity contribution in [3.8, 4) is 11.4 Å². The second kappa shape index (κ2) is 9.04. The fourth-order valence-corrected chi connectivity index (χ4v) is 4.29. The van der Waals surface area contributed by atoms with Gasteiger partial charge in [0.2, 0.25) is 11.8 Å². The van der Waals surface area contributed by atoms with Gasteiger partial charge < -0.3 is 10.6 Å². The van der Waals surface area contributed by atoms with E-state index in [-0.39, 0.29) is 24.1 Å². The van der Waals surface area contributed by atoms with Gasteiger partial charge in [0, 0.05) is 11.3 Å². The highest BCUT2D eigenvalue weighted by molar-refractivity contribution is 8.00. The van der Waals surface area contributed by atoms with Crippen molar-refractivity contribution in [1.29, 1.82) is 0 Å². The molecule has 6 nitrogen and oxygen atoms in total. The molecule has 3 aromatic rings. The lowest BCUT2D eigenvalue weighted by Crippen LogP contribution is -2.52. The van der Waals surface area contributed by atoms with Crippen LogP contribution in [0.5, 0.6) is 0 Å². The van der Waals surface area contributed by atoms with Crippen LogP contribution in [0.3, 0.4) is 0 Å². The van der Waals surface area contributed by atoms with E-state index in [9.17, 15) is 14.0 Å². The molecule has 2 N–H and O–H groups in total. The van der Waals surface area contributed by atoms with Crippen LogP contribution in [0, 0.1) is 5.82 Å². The van der Waals surface area contributed by atoms with Crippen molar-refractivity contribution in [3.63, 3.8) is 0 Å². The molecule has 1 aliphatic rings. The number of aromatic nitrogens is 2. The van der Waals surface area contributed by atoms with E-state index in [0.29, 0.717) is 22.8 Å². The maximum absolute atomic E-state index is 13.8. The molecule has 30 heavy (non-hydrogen) atoms. The van der Waals surface area contributed by atoms with E-state index in [1.807, 2.05) is 30.3 Å². The minimum atomic E-state index is -0.673. The van der Waals surface area contributed by atoms with Gasteiger partial charge in [-0.05, 0) is 18.1 Å². The monoisotopic (exact) mass is 422 g/mol. The van der Waals surface area contributed by atoms with Crippen LogP contribution in [0.25, 0.3) is 11.4 Å². The van der Waals surface area contributed by atoms with Crippen LogP contribution in [0.15, 0.2) is 67.0 Å². The number of amides is 2. The average molecular weight is 422 g/mol. The van der Waals surface area contributed by atoms with E-state index in [1.165, 1.54) is 30.2 Å². The number of carbonyl (C=O) groups is 2. The quantitative estimate of drug-likeness (QED) is 0.660. The molecule has 1 aromatic heterocycles. The summed E-state index contributed by atoms with van der Waals surface area (Å²) in [7, 11) is 0. The van der Waals surface area contributed by atoms with Gasteiger partial charge in [0.1, 0.15) is 11.9 Å². The van der Waals surface area contributed by atoms with E-state index < -0.39 is 11.3 Å². The molecule has 0 unspecified atom stereocenters. The number of nitrogens with zero attached hydrogens (tertiary/aromatic N) is 2. The van der Waals surface area contributed by atoms with Gasteiger partial charge in [-0.25, -0.2) is 14.4 Å². The van der Waals surface area contributed by atoms with Gasteiger partial charge in [-0.3, -0.25) is 9.59 Å². The van der Waals surface area contributed by atoms with Gasteiger partial charge >= 0.3 is 0 Å². The molecule has 0 saturated carbocycles. The number of rotatable bonds is 5. The number of halogens is 1. The van der Waals surface area contributed by atoms with Crippen molar-refractivity contribution in [3.05, 3.63) is 78.4 Å². The smallest absolute Gasteiger partial charge is 0.247 e. The Morgan fingerprint density at radius 1 is 1.10 bits per heavy atom. The van der Waals surface area contributed by atoms with E-state index in [2.05, 4.69) is 20.6 Å². The maximum atomic E-state index is 13.8. The zero-order valence-electron chi connectivity index (χ0n) is 15.9. The van der Waals surface area contributed by atoms with Crippen molar-refractivity contribution < 1.29 is 14.0 Å². The van der Waals surface area contributed by atoms with Crippen molar-refractivity contribution in [1.82, 2.24) is 15.3 Å². The summed E-state index contributed by atoms with van der Waals surface area (Å²) < 4.78 is 13.8. The van der Waals surface area contributed by atoms with Gasteiger partial charge in [0.05, 0.1) is 23.3 Å². The van der Waals surface area contributed by atoms with Crippen molar-refractivity contribution in [2.24, 2.45) is 0 Å². The molecular weight excluding hydrogens is 403 g/mol. The first-order valence-electron chi connectivity index (χ1n) is 9.44. The molecule has 1 aliphatic heterocycles. The zero-order chi connectivity index (χ0) is 20.9. The number of hydrogen-bond acceptors (Lipinski definition) is 5. The predicted molar refractivity (Wildman–Crippen MR) is 114 cm³/mol. The van der Waals surface area contributed by atoms with Crippen LogP contribution >= 0.6 is 11.8 Å². The summed E-state index contributed by atoms with van der Waals surface area (Å²) in [6.07, 6.45) is 3.35. The van der Waals surface area contributed by atoms with Crippen LogP contribution in [0.1, 0.15) is 5.56 Å². The van der Waals surface area contributed by atoms with Gasteiger partial charge in [0.15, 0.2) is 5.82 Å². The Kier molecular flexibility index (Phi) is 6.04. The Hall–Kier alpha value is -3.26. The summed E-state index contributed by atoms with van der Waals surface area (Å²) in [6, 6.07) is 15.2. The first-order chi connectivity index (χ1) is 14.6. The zero-order valence-corrected chi connectivity index (χ0v) is 16.7. The fourth-order valence-electron chi connectivity index (χ4n) is 3.11. The highest BCUT2D eigenvalue weighted by Gasteiger charge is 2.32. The van der Waals surface area contributed by atoms with Crippen molar-refractivity contribution in [2.45, 2.75) is 17.7 Å². The van der Waals surface area contributed by atoms with Gasteiger partial charge in [-0.2, -0.15) is 0 Å². The van der Waals surface area contributed by atoms with Crippen molar-refractivity contribution in [2.75, 3.05) is 11.1 Å². The molecule has 0 aliphatic carbocycles. The first-order valence-corrected chi connectivity index (χ1v) is 10.5. The standard InChI is InChI=1S/C22H19FN4O2S/c23-17-9-5-4-8-15(17)10-19-22(29)27-18(13-30-19)21(28)26-16-11-24-20(25-12-16)14-6-2-1-3-7-14/h1-9,11-12,18-19H,10,13H2,(H,26,28)(H,27,29)/t18-,19-/m0/s1. The minimum Gasteiger partial charge on any atom is -0.343 e. The summed E-state index contributed by atoms with van der Waals surface area (Å²) in [5.41, 5.74) is 1.82. The molecule has 2 atom stereocenters. The Balaban J connectivity index is 1.34. The Bertz CT molecular complexity index is 1050. The Morgan fingerprint density at radius 2 is 1.80 bits per heavy atom. The molecule has 2 amide bonds. The molecule has 4 rings (SSSR count). The summed E-state index contributed by atoms with van der Waals surface area (Å²) in [5, 5.41) is 5.03. The summed E-state index contributed by atoms with van der Waals surface area (Å²) in [4.78, 5) is 33.5. The lowest BCUT2D eigenvalue weighted by Gasteiger charge is -2.28. The fraction of sp³-hybridized carbons (Fsp3) is 0.182. The van der Waals surface area contributed by atoms with Crippen molar-refractivity contribution >= 4 is 29.3 Å². The average Bonchev–Trinajstić information content (AvgIpc) is 2.77. The van der Waals surface area contributed by atoms with E-state index in [1.54, 1.807) is 18.2 Å². The van der Waals surface area contributed by atoms with Crippen LogP contribution in [-0.2, 0) is 16.0 Å². The predicted octanol–water partition coefficient (Wildman–Crippen LogP) is 3.06. The molecule has 2 aromatic carbocycles. The van der Waals surface area contributed by atoms with Gasteiger partial charge in [0.25, 0.3) is 0 Å². The van der Waals surface area contributed by atoms with Gasteiger partial charge in [-0.1, -0.05) is 48.5 Å². The molecular formula is C22H19FN4O2S. The summed E-state index contributed by atoms with van der Waals surface area (Å²) in [6.45, 7) is 0. The van der Waals surface area contributed by atoms with Gasteiger partial charge in [-0.15, -0.1) is 11.8 Å². The first kappa shape index (κ1) is 20.0. The second-order valence-corrected chi connectivity index (χ2v) is 8.07. The molecule has 2 heterocycles. The van der Waals surface area contributed by atoms with Crippen LogP contribution < -0.4 is 10.6 Å². The molecule has 152 valence electrons. The highest BCUT2D eigenvalue weighted by atomic mass is 32.2. The third-order valence-electron chi connectivity index (χ3n) is 4.70. The molecule has 0 radical (unpaired) electrons. The minimum absolute atomic E-state index is 0.273. The third-order valence-corrected chi connectivity index (χ3v) is 6.01. The maximum Gasteiger partial charge on any atom is 0.247 e. The molecule has 1 saturated heterocycles. The lowest BCUT2D eigenvalue weighted by atomic mass is 10.1. The number of anilines is 1. The van der Waals surface area contributed by atoms with E-state index in [4.69, 9.17) is 0 Å². The molecule has 0 spiro atoms. The van der Waals surface area contributed by atoms with Crippen LogP contribution in [0.2, 0.25) is 0 Å². The van der Waals surface area contributed by atoms with E-state index in [0.717, 1.165) is 5.56 Å². The SMILES string of the molecule is O=C(Nc1cnc(-c2ccccc2)nc1)[C@@H]1CS[C@@H](Cc2ccccc2F)C(=O)N1. The molecule has 0 bridgehead atoms. The highest BCUT2D eigenvalue weighted by Crippen LogP contribution is 2.24. The number of nitrogens with one attached hydrogen (secondary N) is 2. The third kappa shape index (κ3) is 4.65. The second-order valence-electron chi connectivity index (χ2n) is 6.83. The molecule has 8 heteroatoms. The number of hydrogen-bond donors (Lipinski definition) is 2. The number of thioether (sulfide) groups is 1. The summed E-state index contributed by atoms with van der Waals surface area (Å²) in [5.74, 6) is 0.0250. The molecule has 1 fully saturated rings. The summed E-state index contributed by atoms with van der Waals surface area (Å²) >= 11 is 1.35. The Labute approximate surface area is 177 Å². The van der Waals surface area contributed by atoms with Crippen LogP contribution in [0.4, 0.5) is 10.1 Å². The van der Waals surface area contributed by atoms with E-state index >= 15 is 0 Å². The topological polar surface area (TPSA) is 84.0 Å². The van der Waals surface area contributed by atoms with Crippen LogP contribution in [-0.4, -0.2) is 38.8 Å². The normalized spacial score (nSPS) is 18.5. The number of carbonyl (C=O) groups excluding carboxylic acids is 2.